The van der Waals surface area contributed by atoms with Crippen LogP contribution in [0.4, 0.5) is 10.1 Å². The van der Waals surface area contributed by atoms with Crippen molar-refractivity contribution in [2.45, 2.75) is 13.5 Å². The number of hydrogen-bond acceptors (Lipinski definition) is 4. The van der Waals surface area contributed by atoms with Crippen molar-refractivity contribution in [1.82, 2.24) is 10.2 Å². The molecule has 16 heavy (non-hydrogen) atoms. The molecule has 2 rings (SSSR count). The molecular formula is C10H9ClFN3O. The van der Waals surface area contributed by atoms with Gasteiger partial charge in [-0.15, -0.1) is 10.2 Å². The summed E-state index contributed by atoms with van der Waals surface area (Å²) in [6.07, 6.45) is 0. The fraction of sp³-hybridized carbons (Fsp3) is 0.200. The van der Waals surface area contributed by atoms with Crippen LogP contribution in [-0.4, -0.2) is 10.2 Å². The highest BCUT2D eigenvalue weighted by atomic mass is 35.5. The minimum Gasteiger partial charge on any atom is -0.424 e. The van der Waals surface area contributed by atoms with Gasteiger partial charge in [0.1, 0.15) is 5.82 Å². The van der Waals surface area contributed by atoms with Gasteiger partial charge >= 0.3 is 0 Å². The van der Waals surface area contributed by atoms with Crippen molar-refractivity contribution in [2.24, 2.45) is 0 Å². The predicted octanol–water partition coefficient (Wildman–Crippen LogP) is 2.78. The molecule has 2 aromatic rings. The van der Waals surface area contributed by atoms with Crippen LogP contribution in [0.1, 0.15) is 11.8 Å². The van der Waals surface area contributed by atoms with Crippen molar-refractivity contribution in [3.63, 3.8) is 0 Å². The van der Waals surface area contributed by atoms with Crippen LogP contribution in [0.5, 0.6) is 0 Å². The molecule has 0 bridgehead atoms. The zero-order chi connectivity index (χ0) is 11.5. The van der Waals surface area contributed by atoms with E-state index in [0.29, 0.717) is 22.5 Å². The molecule has 0 amide bonds. The van der Waals surface area contributed by atoms with E-state index in [0.717, 1.165) is 0 Å². The molecule has 1 heterocycles. The Bertz CT molecular complexity index is 501. The SMILES string of the molecule is Cc1nnc(CNc2cc(Cl)ccc2F)o1. The Balaban J connectivity index is 2.07. The normalized spacial score (nSPS) is 10.4. The third-order valence-electron chi connectivity index (χ3n) is 1.93. The number of aryl methyl sites for hydroxylation is 1. The van der Waals surface area contributed by atoms with Gasteiger partial charge in [-0.2, -0.15) is 0 Å². The van der Waals surface area contributed by atoms with Gasteiger partial charge in [-0.3, -0.25) is 0 Å². The van der Waals surface area contributed by atoms with Gasteiger partial charge < -0.3 is 9.73 Å². The molecule has 6 heteroatoms. The fourth-order valence-corrected chi connectivity index (χ4v) is 1.38. The van der Waals surface area contributed by atoms with Crippen molar-refractivity contribution >= 4 is 17.3 Å². The Labute approximate surface area is 96.4 Å². The summed E-state index contributed by atoms with van der Waals surface area (Å²) in [6, 6.07) is 4.28. The zero-order valence-corrected chi connectivity index (χ0v) is 9.25. The third kappa shape index (κ3) is 2.49. The van der Waals surface area contributed by atoms with E-state index in [2.05, 4.69) is 15.5 Å². The van der Waals surface area contributed by atoms with E-state index in [1.165, 1.54) is 18.2 Å². The average molecular weight is 242 g/mol. The monoisotopic (exact) mass is 241 g/mol. The second kappa shape index (κ2) is 4.49. The highest BCUT2D eigenvalue weighted by molar-refractivity contribution is 6.30. The molecule has 0 saturated carbocycles. The molecule has 1 aromatic heterocycles. The first kappa shape index (κ1) is 10.9. The van der Waals surface area contributed by atoms with Gasteiger partial charge in [0.25, 0.3) is 0 Å². The summed E-state index contributed by atoms with van der Waals surface area (Å²) in [4.78, 5) is 0. The summed E-state index contributed by atoms with van der Waals surface area (Å²) < 4.78 is 18.4. The molecule has 0 aliphatic rings. The van der Waals surface area contributed by atoms with Crippen molar-refractivity contribution in [2.75, 3.05) is 5.32 Å². The van der Waals surface area contributed by atoms with Crippen LogP contribution < -0.4 is 5.32 Å². The minimum atomic E-state index is -0.374. The number of nitrogens with one attached hydrogen (secondary N) is 1. The second-order valence-corrected chi connectivity index (χ2v) is 3.63. The number of aromatic nitrogens is 2. The summed E-state index contributed by atoms with van der Waals surface area (Å²) >= 11 is 5.74. The standard InChI is InChI=1S/C10H9ClFN3O/c1-6-14-15-10(16-6)5-13-9-4-7(11)2-3-8(9)12/h2-4,13H,5H2,1H3. The molecule has 84 valence electrons. The van der Waals surface area contributed by atoms with Crippen LogP contribution in [0.2, 0.25) is 5.02 Å². The van der Waals surface area contributed by atoms with E-state index >= 15 is 0 Å². The maximum atomic E-state index is 13.3. The first-order chi connectivity index (χ1) is 7.65. The Kier molecular flexibility index (Phi) is 3.05. The summed E-state index contributed by atoms with van der Waals surface area (Å²) in [5.41, 5.74) is 0.309. The summed E-state index contributed by atoms with van der Waals surface area (Å²) in [5, 5.41) is 10.7. The lowest BCUT2D eigenvalue weighted by Crippen LogP contribution is -2.01. The van der Waals surface area contributed by atoms with Crippen molar-refractivity contribution < 1.29 is 8.81 Å². The minimum absolute atomic E-state index is 0.262. The quantitative estimate of drug-likeness (QED) is 0.898. The maximum absolute atomic E-state index is 13.3. The molecule has 4 nitrogen and oxygen atoms in total. The first-order valence-electron chi connectivity index (χ1n) is 4.63. The van der Waals surface area contributed by atoms with Crippen LogP contribution >= 0.6 is 11.6 Å². The van der Waals surface area contributed by atoms with Crippen LogP contribution in [0.25, 0.3) is 0 Å². The van der Waals surface area contributed by atoms with E-state index in [1.807, 2.05) is 0 Å². The van der Waals surface area contributed by atoms with Crippen molar-refractivity contribution in [3.8, 4) is 0 Å². The van der Waals surface area contributed by atoms with Crippen LogP contribution in [-0.2, 0) is 6.54 Å². The Morgan fingerprint density at radius 3 is 2.94 bits per heavy atom. The summed E-state index contributed by atoms with van der Waals surface area (Å²) in [6.45, 7) is 1.95. The average Bonchev–Trinajstić information content (AvgIpc) is 2.66. The fourth-order valence-electron chi connectivity index (χ4n) is 1.21. The Morgan fingerprint density at radius 2 is 2.25 bits per heavy atom. The number of hydrogen-bond donors (Lipinski definition) is 1. The number of halogens is 2. The van der Waals surface area contributed by atoms with Gasteiger partial charge in [0, 0.05) is 11.9 Å². The first-order valence-corrected chi connectivity index (χ1v) is 5.01. The molecule has 0 radical (unpaired) electrons. The lowest BCUT2D eigenvalue weighted by molar-refractivity contribution is 0.474. The Morgan fingerprint density at radius 1 is 1.44 bits per heavy atom. The molecule has 1 N–H and O–H groups in total. The van der Waals surface area contributed by atoms with E-state index in [-0.39, 0.29) is 12.4 Å². The van der Waals surface area contributed by atoms with Crippen LogP contribution in [0, 0.1) is 12.7 Å². The molecule has 1 aromatic carbocycles. The molecule has 0 aliphatic carbocycles. The molecule has 0 atom stereocenters. The van der Waals surface area contributed by atoms with Gasteiger partial charge in [0.2, 0.25) is 11.8 Å². The molecule has 0 spiro atoms. The highest BCUT2D eigenvalue weighted by Gasteiger charge is 2.05. The molecular weight excluding hydrogens is 233 g/mol. The molecule has 0 unspecified atom stereocenters. The van der Waals surface area contributed by atoms with Crippen molar-refractivity contribution in [1.29, 1.82) is 0 Å². The predicted molar refractivity (Wildman–Crippen MR) is 57.8 cm³/mol. The van der Waals surface area contributed by atoms with Gasteiger partial charge in [-0.1, -0.05) is 11.6 Å². The molecule has 0 saturated heterocycles. The smallest absolute Gasteiger partial charge is 0.235 e. The Hall–Kier alpha value is -1.62. The van der Waals surface area contributed by atoms with Crippen molar-refractivity contribution in [3.05, 3.63) is 40.8 Å². The molecule has 0 aliphatic heterocycles. The maximum Gasteiger partial charge on any atom is 0.235 e. The van der Waals surface area contributed by atoms with Gasteiger partial charge in [0.15, 0.2) is 0 Å². The highest BCUT2D eigenvalue weighted by Crippen LogP contribution is 2.19. The van der Waals surface area contributed by atoms with E-state index < -0.39 is 0 Å². The lowest BCUT2D eigenvalue weighted by atomic mass is 10.3. The van der Waals surface area contributed by atoms with Gasteiger partial charge in [0.05, 0.1) is 12.2 Å². The third-order valence-corrected chi connectivity index (χ3v) is 2.16. The van der Waals surface area contributed by atoms with Gasteiger partial charge in [-0.25, -0.2) is 4.39 Å². The van der Waals surface area contributed by atoms with Gasteiger partial charge in [-0.05, 0) is 18.2 Å². The summed E-state index contributed by atoms with van der Waals surface area (Å²) in [7, 11) is 0. The second-order valence-electron chi connectivity index (χ2n) is 3.19. The topological polar surface area (TPSA) is 51.0 Å². The van der Waals surface area contributed by atoms with Crippen LogP contribution in [0.3, 0.4) is 0 Å². The van der Waals surface area contributed by atoms with Crippen LogP contribution in [0.15, 0.2) is 22.6 Å². The summed E-state index contributed by atoms with van der Waals surface area (Å²) in [5.74, 6) is 0.501. The zero-order valence-electron chi connectivity index (χ0n) is 8.50. The number of anilines is 1. The van der Waals surface area contributed by atoms with E-state index in [9.17, 15) is 4.39 Å². The van der Waals surface area contributed by atoms with E-state index in [1.54, 1.807) is 6.92 Å². The number of rotatable bonds is 3. The number of nitrogens with zero attached hydrogens (tertiary/aromatic N) is 2. The molecule has 0 fully saturated rings. The van der Waals surface area contributed by atoms with E-state index in [4.69, 9.17) is 16.0 Å². The largest absolute Gasteiger partial charge is 0.424 e. The lowest BCUT2D eigenvalue weighted by Gasteiger charge is -2.04. The number of benzene rings is 1.